The maximum absolute atomic E-state index is 13.3. The van der Waals surface area contributed by atoms with Gasteiger partial charge in [-0.1, -0.05) is 295 Å². The van der Waals surface area contributed by atoms with E-state index in [0.717, 1.165) is 70.6 Å². The maximum Gasteiger partial charge on any atom is 0.306 e. The van der Waals surface area contributed by atoms with Crippen molar-refractivity contribution in [2.45, 2.75) is 372 Å². The molecule has 11 nitrogen and oxygen atoms in total. The molecule has 0 aromatic rings. The van der Waals surface area contributed by atoms with E-state index in [1.165, 1.54) is 205 Å². The van der Waals surface area contributed by atoms with E-state index in [0.29, 0.717) is 12.8 Å². The third-order valence-corrected chi connectivity index (χ3v) is 15.9. The molecule has 1 aliphatic rings. The molecule has 1 fully saturated rings. The van der Waals surface area contributed by atoms with Crippen LogP contribution in [-0.4, -0.2) is 99.6 Å². The Labute approximate surface area is 473 Å². The van der Waals surface area contributed by atoms with Crippen LogP contribution < -0.4 is 5.32 Å². The minimum Gasteiger partial charge on any atom is -0.454 e. The zero-order valence-corrected chi connectivity index (χ0v) is 50.4. The van der Waals surface area contributed by atoms with Crippen LogP contribution in [0, 0.1) is 0 Å². The smallest absolute Gasteiger partial charge is 0.306 e. The summed E-state index contributed by atoms with van der Waals surface area (Å²) in [5, 5.41) is 56.8. The lowest BCUT2D eigenvalue weighted by molar-refractivity contribution is -0.305. The standard InChI is InChI=1S/C66H125NO10/c1-4-7-10-13-16-19-22-23-24-25-26-27-28-29-30-31-32-33-34-35-36-37-39-42-45-48-51-54-61(71)77-64-63(73)62(72)60(55-68)76-66(64)75-56-57(58(69)52-49-46-43-41-38-20-17-14-11-8-5-2)67-65(74)59(70)53-50-47-44-40-21-18-15-12-9-6-3/h15,18,49,52,57-60,62-64,66,68-70,72-73H,4-14,16-17,19-48,50-51,53-56H2,1-3H3,(H,67,74)/b18-15-,52-49+. The lowest BCUT2D eigenvalue weighted by atomic mass is 9.99. The molecule has 0 radical (unpaired) electrons. The Morgan fingerprint density at radius 1 is 0.494 bits per heavy atom. The molecule has 11 heteroatoms. The van der Waals surface area contributed by atoms with Gasteiger partial charge in [-0.25, -0.2) is 0 Å². The van der Waals surface area contributed by atoms with Crippen molar-refractivity contribution in [1.29, 1.82) is 0 Å². The van der Waals surface area contributed by atoms with Gasteiger partial charge in [-0.15, -0.1) is 0 Å². The summed E-state index contributed by atoms with van der Waals surface area (Å²) in [6, 6.07) is -1.02. The fraction of sp³-hybridized carbons (Fsp3) is 0.909. The van der Waals surface area contributed by atoms with Crippen molar-refractivity contribution in [3.05, 3.63) is 24.3 Å². The molecule has 0 spiro atoms. The summed E-state index contributed by atoms with van der Waals surface area (Å²) in [6.07, 6.45) is 54.0. The van der Waals surface area contributed by atoms with Gasteiger partial charge in [0, 0.05) is 6.42 Å². The molecular formula is C66H125NO10. The molecule has 1 rings (SSSR count). The maximum atomic E-state index is 13.3. The lowest BCUT2D eigenvalue weighted by Gasteiger charge is -2.41. The van der Waals surface area contributed by atoms with Gasteiger partial charge in [-0.3, -0.25) is 9.59 Å². The second-order valence-corrected chi connectivity index (χ2v) is 23.2. The number of allylic oxidation sites excluding steroid dienone is 3. The van der Waals surface area contributed by atoms with Gasteiger partial charge in [0.1, 0.15) is 24.4 Å². The second-order valence-electron chi connectivity index (χ2n) is 23.2. The number of esters is 1. The summed E-state index contributed by atoms with van der Waals surface area (Å²) in [6.45, 7) is 5.76. The van der Waals surface area contributed by atoms with E-state index in [4.69, 9.17) is 14.2 Å². The topological polar surface area (TPSA) is 175 Å². The van der Waals surface area contributed by atoms with Crippen LogP contribution in [0.15, 0.2) is 24.3 Å². The summed E-state index contributed by atoms with van der Waals surface area (Å²) in [5.41, 5.74) is 0. The average molecular weight is 1090 g/mol. The Bertz CT molecular complexity index is 1350. The van der Waals surface area contributed by atoms with Gasteiger partial charge in [0.25, 0.3) is 0 Å². The van der Waals surface area contributed by atoms with Crippen LogP contribution in [0.2, 0.25) is 0 Å². The van der Waals surface area contributed by atoms with Crippen LogP contribution in [0.25, 0.3) is 0 Å². The number of aliphatic hydroxyl groups excluding tert-OH is 5. The quantitative estimate of drug-likeness (QED) is 0.0195. The number of rotatable bonds is 57. The van der Waals surface area contributed by atoms with Crippen LogP contribution in [0.5, 0.6) is 0 Å². The third kappa shape index (κ3) is 42.6. The molecule has 454 valence electrons. The highest BCUT2D eigenvalue weighted by Crippen LogP contribution is 2.26. The number of nitrogens with one attached hydrogen (secondary N) is 1. The number of ether oxygens (including phenoxy) is 3. The fourth-order valence-electron chi connectivity index (χ4n) is 10.6. The van der Waals surface area contributed by atoms with Crippen molar-refractivity contribution in [3.63, 3.8) is 0 Å². The van der Waals surface area contributed by atoms with E-state index >= 15 is 0 Å². The molecule has 1 amide bonds. The zero-order valence-electron chi connectivity index (χ0n) is 50.4. The first-order valence-corrected chi connectivity index (χ1v) is 33.1. The van der Waals surface area contributed by atoms with Crippen molar-refractivity contribution >= 4 is 11.9 Å². The number of carbonyl (C=O) groups is 2. The summed E-state index contributed by atoms with van der Waals surface area (Å²) in [4.78, 5) is 26.5. The highest BCUT2D eigenvalue weighted by atomic mass is 16.7. The van der Waals surface area contributed by atoms with Gasteiger partial charge >= 0.3 is 5.97 Å². The Morgan fingerprint density at radius 3 is 1.30 bits per heavy atom. The summed E-state index contributed by atoms with van der Waals surface area (Å²) < 4.78 is 17.6. The highest BCUT2D eigenvalue weighted by Gasteiger charge is 2.47. The predicted octanol–water partition coefficient (Wildman–Crippen LogP) is 16.1. The third-order valence-electron chi connectivity index (χ3n) is 15.9. The van der Waals surface area contributed by atoms with Gasteiger partial charge in [0.15, 0.2) is 12.4 Å². The largest absolute Gasteiger partial charge is 0.454 e. The molecule has 8 atom stereocenters. The first kappa shape index (κ1) is 73.2. The monoisotopic (exact) mass is 1090 g/mol. The van der Waals surface area contributed by atoms with E-state index in [1.807, 2.05) is 6.08 Å². The molecule has 6 N–H and O–H groups in total. The van der Waals surface area contributed by atoms with E-state index in [1.54, 1.807) is 6.08 Å². The van der Waals surface area contributed by atoms with Gasteiger partial charge in [0.2, 0.25) is 5.91 Å². The lowest BCUT2D eigenvalue weighted by Crippen LogP contribution is -2.61. The normalized spacial score (nSPS) is 19.1. The molecular weight excluding hydrogens is 967 g/mol. The molecule has 1 saturated heterocycles. The van der Waals surface area contributed by atoms with Crippen LogP contribution in [0.1, 0.15) is 323 Å². The van der Waals surface area contributed by atoms with Gasteiger partial charge < -0.3 is 45.1 Å². The average Bonchev–Trinajstić information content (AvgIpc) is 3.43. The SMILES string of the molecule is CCCC/C=C\CCCCCCC(O)C(=O)NC(COC1OC(CO)C(O)C(O)C1OC(=O)CCCCCCCCCCCCCCCCCCCCCCCCCCCCC)C(O)/C=C/CCCCCCCCCCC. The van der Waals surface area contributed by atoms with Crippen LogP contribution in [0.4, 0.5) is 0 Å². The molecule has 0 saturated carbocycles. The van der Waals surface area contributed by atoms with Gasteiger partial charge in [-0.05, 0) is 44.9 Å². The number of aliphatic hydroxyl groups is 5. The second kappa shape index (κ2) is 54.7. The van der Waals surface area contributed by atoms with E-state index in [2.05, 4.69) is 38.2 Å². The van der Waals surface area contributed by atoms with Crippen molar-refractivity contribution in [2.75, 3.05) is 13.2 Å². The molecule has 1 aliphatic heterocycles. The van der Waals surface area contributed by atoms with E-state index in [-0.39, 0.29) is 19.4 Å². The van der Waals surface area contributed by atoms with Crippen LogP contribution >= 0.6 is 0 Å². The summed E-state index contributed by atoms with van der Waals surface area (Å²) >= 11 is 0. The number of hydrogen-bond acceptors (Lipinski definition) is 10. The van der Waals surface area contributed by atoms with Crippen LogP contribution in [0.3, 0.4) is 0 Å². The van der Waals surface area contributed by atoms with E-state index < -0.39 is 67.4 Å². The number of unbranched alkanes of at least 4 members (excludes halogenated alkanes) is 41. The number of carbonyl (C=O) groups excluding carboxylic acids is 2. The molecule has 0 aromatic heterocycles. The number of amides is 1. The number of hydrogen-bond donors (Lipinski definition) is 6. The molecule has 0 aliphatic carbocycles. The Morgan fingerprint density at radius 2 is 0.870 bits per heavy atom. The molecule has 8 unspecified atom stereocenters. The Hall–Kier alpha value is -1.86. The predicted molar refractivity (Wildman–Crippen MR) is 320 cm³/mol. The van der Waals surface area contributed by atoms with Crippen molar-refractivity contribution in [3.8, 4) is 0 Å². The summed E-state index contributed by atoms with van der Waals surface area (Å²) in [5.74, 6) is -1.19. The van der Waals surface area contributed by atoms with E-state index in [9.17, 15) is 35.1 Å². The minimum atomic E-state index is -1.61. The Kier molecular flexibility index (Phi) is 52.0. The minimum absolute atomic E-state index is 0.129. The summed E-state index contributed by atoms with van der Waals surface area (Å²) in [7, 11) is 0. The first-order valence-electron chi connectivity index (χ1n) is 33.1. The molecule has 0 aromatic carbocycles. The van der Waals surface area contributed by atoms with Crippen molar-refractivity contribution in [2.24, 2.45) is 0 Å². The van der Waals surface area contributed by atoms with Crippen LogP contribution in [-0.2, 0) is 23.8 Å². The van der Waals surface area contributed by atoms with Crippen molar-refractivity contribution in [1.82, 2.24) is 5.32 Å². The van der Waals surface area contributed by atoms with Gasteiger partial charge in [-0.2, -0.15) is 0 Å². The zero-order chi connectivity index (χ0) is 56.1. The highest BCUT2D eigenvalue weighted by molar-refractivity contribution is 5.80. The molecule has 1 heterocycles. The first-order chi connectivity index (χ1) is 37.7. The molecule has 0 bridgehead atoms. The Balaban J connectivity index is 2.48. The van der Waals surface area contributed by atoms with Crippen molar-refractivity contribution < 1.29 is 49.3 Å². The fourth-order valence-corrected chi connectivity index (χ4v) is 10.6. The van der Waals surface area contributed by atoms with Gasteiger partial charge in [0.05, 0.1) is 25.4 Å². The molecule has 77 heavy (non-hydrogen) atoms.